The number of benzene rings is 2. The monoisotopic (exact) mass is 563 g/mol. The van der Waals surface area contributed by atoms with Crippen LogP contribution >= 0.6 is 11.6 Å². The number of rotatable bonds is 11. The van der Waals surface area contributed by atoms with Crippen LogP contribution in [0, 0.1) is 6.92 Å². The quantitative estimate of drug-likeness (QED) is 0.428. The summed E-state index contributed by atoms with van der Waals surface area (Å²) in [6.45, 7) is 3.27. The third-order valence-corrected chi connectivity index (χ3v) is 8.31. The van der Waals surface area contributed by atoms with E-state index in [1.807, 2.05) is 25.1 Å². The zero-order chi connectivity index (χ0) is 27.9. The molecule has 1 aliphatic rings. The highest BCUT2D eigenvalue weighted by Crippen LogP contribution is 2.27. The van der Waals surface area contributed by atoms with Crippen LogP contribution in [0.25, 0.3) is 0 Å². The number of nitrogens with one attached hydrogen (secondary N) is 1. The van der Waals surface area contributed by atoms with E-state index in [2.05, 4.69) is 5.32 Å². The van der Waals surface area contributed by atoms with E-state index >= 15 is 0 Å². The number of carbonyl (C=O) groups is 2. The van der Waals surface area contributed by atoms with Gasteiger partial charge in [0, 0.05) is 17.6 Å². The molecule has 38 heavy (non-hydrogen) atoms. The van der Waals surface area contributed by atoms with Crippen molar-refractivity contribution in [2.45, 2.75) is 71.0 Å². The number of hydrogen-bond donors (Lipinski definition) is 1. The molecule has 208 valence electrons. The highest BCUT2D eigenvalue weighted by molar-refractivity contribution is 7.92. The number of halogens is 1. The highest BCUT2D eigenvalue weighted by Gasteiger charge is 2.33. The van der Waals surface area contributed by atoms with Gasteiger partial charge in [-0.25, -0.2) is 8.42 Å². The molecule has 0 aliphatic heterocycles. The highest BCUT2D eigenvalue weighted by atomic mass is 35.5. The van der Waals surface area contributed by atoms with Crippen molar-refractivity contribution in [1.29, 1.82) is 0 Å². The first-order valence-corrected chi connectivity index (χ1v) is 15.2. The zero-order valence-corrected chi connectivity index (χ0v) is 24.1. The summed E-state index contributed by atoms with van der Waals surface area (Å²) >= 11 is 6.17. The van der Waals surface area contributed by atoms with Gasteiger partial charge in [0.25, 0.3) is 0 Å². The Morgan fingerprint density at radius 1 is 1.13 bits per heavy atom. The van der Waals surface area contributed by atoms with Gasteiger partial charge in [0.2, 0.25) is 21.8 Å². The summed E-state index contributed by atoms with van der Waals surface area (Å²) < 4.78 is 32.1. The number of sulfonamides is 1. The minimum absolute atomic E-state index is 0.0840. The summed E-state index contributed by atoms with van der Waals surface area (Å²) in [5, 5.41) is 3.50. The topological polar surface area (TPSA) is 96.0 Å². The lowest BCUT2D eigenvalue weighted by atomic mass is 9.95. The third-order valence-electron chi connectivity index (χ3n) is 6.94. The van der Waals surface area contributed by atoms with Crippen molar-refractivity contribution in [2.75, 3.05) is 24.2 Å². The van der Waals surface area contributed by atoms with Crippen molar-refractivity contribution >= 4 is 39.1 Å². The van der Waals surface area contributed by atoms with Crippen molar-refractivity contribution < 1.29 is 22.7 Å². The molecule has 1 aliphatic carbocycles. The number of carbonyl (C=O) groups excluding carboxylic acids is 2. The minimum atomic E-state index is -3.84. The molecule has 3 rings (SSSR count). The molecule has 2 aromatic rings. The van der Waals surface area contributed by atoms with Gasteiger partial charge in [-0.15, -0.1) is 0 Å². The molecule has 0 saturated heterocycles. The van der Waals surface area contributed by atoms with Crippen molar-refractivity contribution in [3.05, 3.63) is 58.6 Å². The Labute approximate surface area is 231 Å². The summed E-state index contributed by atoms with van der Waals surface area (Å²) in [6, 6.07) is 11.5. The lowest BCUT2D eigenvalue weighted by molar-refractivity contribution is -0.140. The fourth-order valence-corrected chi connectivity index (χ4v) is 5.94. The average Bonchev–Trinajstić information content (AvgIpc) is 2.88. The second kappa shape index (κ2) is 13.3. The van der Waals surface area contributed by atoms with E-state index in [0.717, 1.165) is 48.2 Å². The summed E-state index contributed by atoms with van der Waals surface area (Å²) in [7, 11) is -2.28. The van der Waals surface area contributed by atoms with Gasteiger partial charge in [-0.05, 0) is 61.6 Å². The fourth-order valence-electron chi connectivity index (χ4n) is 4.88. The van der Waals surface area contributed by atoms with Crippen LogP contribution in [-0.2, 0) is 26.2 Å². The number of amides is 2. The van der Waals surface area contributed by atoms with Crippen molar-refractivity contribution in [2.24, 2.45) is 0 Å². The van der Waals surface area contributed by atoms with Gasteiger partial charge in [0.05, 0.1) is 19.1 Å². The smallest absolute Gasteiger partial charge is 0.244 e. The zero-order valence-electron chi connectivity index (χ0n) is 22.6. The average molecular weight is 564 g/mol. The lowest BCUT2D eigenvalue weighted by Gasteiger charge is -2.34. The maximum atomic E-state index is 13.9. The molecule has 10 heteroatoms. The second-order valence-corrected chi connectivity index (χ2v) is 12.2. The Kier molecular flexibility index (Phi) is 10.4. The predicted molar refractivity (Wildman–Crippen MR) is 151 cm³/mol. The van der Waals surface area contributed by atoms with Crippen molar-refractivity contribution in [3.63, 3.8) is 0 Å². The Morgan fingerprint density at radius 3 is 2.47 bits per heavy atom. The molecule has 0 bridgehead atoms. The van der Waals surface area contributed by atoms with Crippen LogP contribution in [0.5, 0.6) is 5.75 Å². The van der Waals surface area contributed by atoms with E-state index in [-0.39, 0.29) is 18.5 Å². The molecule has 0 aromatic heterocycles. The minimum Gasteiger partial charge on any atom is -0.497 e. The first-order chi connectivity index (χ1) is 18.0. The standard InChI is InChI=1S/C28H38ClN3O5S/c1-5-25(28(34)30-23-11-7-6-8-12-23)31(18-21-10-9-13-24(16-21)37-3)27(33)19-32(38(4,35)36)26-17-22(29)15-14-20(26)2/h9-10,13-17,23,25H,5-8,11-12,18-19H2,1-4H3,(H,30,34)/t25-/m1/s1. The predicted octanol–water partition coefficient (Wildman–Crippen LogP) is 4.68. The van der Waals surface area contributed by atoms with Crippen LogP contribution in [-0.4, -0.2) is 57.1 Å². The van der Waals surface area contributed by atoms with Gasteiger partial charge in [-0.2, -0.15) is 0 Å². The van der Waals surface area contributed by atoms with Gasteiger partial charge in [0.15, 0.2) is 0 Å². The van der Waals surface area contributed by atoms with E-state index < -0.39 is 28.5 Å². The number of ether oxygens (including phenoxy) is 1. The third kappa shape index (κ3) is 7.86. The van der Waals surface area contributed by atoms with Gasteiger partial charge in [-0.3, -0.25) is 13.9 Å². The normalized spacial score (nSPS) is 15.0. The van der Waals surface area contributed by atoms with Crippen LogP contribution in [0.2, 0.25) is 5.02 Å². The molecule has 0 spiro atoms. The number of methoxy groups -OCH3 is 1. The molecule has 0 unspecified atom stereocenters. The van der Waals surface area contributed by atoms with Gasteiger partial charge in [0.1, 0.15) is 18.3 Å². The molecule has 0 radical (unpaired) electrons. The van der Waals surface area contributed by atoms with Crippen LogP contribution in [0.4, 0.5) is 5.69 Å². The van der Waals surface area contributed by atoms with Crippen LogP contribution in [0.3, 0.4) is 0 Å². The molecule has 1 N–H and O–H groups in total. The van der Waals surface area contributed by atoms with Crippen LogP contribution < -0.4 is 14.4 Å². The summed E-state index contributed by atoms with van der Waals surface area (Å²) in [4.78, 5) is 28.9. The van der Waals surface area contributed by atoms with Gasteiger partial charge < -0.3 is 15.0 Å². The first kappa shape index (κ1) is 29.8. The molecule has 8 nitrogen and oxygen atoms in total. The van der Waals surface area contributed by atoms with Crippen molar-refractivity contribution in [3.8, 4) is 5.75 Å². The molecule has 1 saturated carbocycles. The molecule has 1 fully saturated rings. The van der Waals surface area contributed by atoms with Crippen molar-refractivity contribution in [1.82, 2.24) is 10.2 Å². The van der Waals surface area contributed by atoms with E-state index in [9.17, 15) is 18.0 Å². The summed E-state index contributed by atoms with van der Waals surface area (Å²) in [5.41, 5.74) is 1.76. The fraction of sp³-hybridized carbons (Fsp3) is 0.500. The summed E-state index contributed by atoms with van der Waals surface area (Å²) in [5.74, 6) is -0.0781. The Morgan fingerprint density at radius 2 is 1.84 bits per heavy atom. The van der Waals surface area contributed by atoms with E-state index in [1.165, 1.54) is 11.0 Å². The molecule has 1 atom stereocenters. The van der Waals surface area contributed by atoms with Gasteiger partial charge >= 0.3 is 0 Å². The maximum absolute atomic E-state index is 13.9. The van der Waals surface area contributed by atoms with E-state index in [1.54, 1.807) is 32.2 Å². The molecule has 2 aromatic carbocycles. The van der Waals surface area contributed by atoms with E-state index in [4.69, 9.17) is 16.3 Å². The number of nitrogens with zero attached hydrogens (tertiary/aromatic N) is 2. The van der Waals surface area contributed by atoms with Crippen LogP contribution in [0.15, 0.2) is 42.5 Å². The molecule has 2 amide bonds. The first-order valence-electron chi connectivity index (χ1n) is 13.0. The Hall–Kier alpha value is -2.78. The van der Waals surface area contributed by atoms with Crippen LogP contribution in [0.1, 0.15) is 56.6 Å². The second-order valence-electron chi connectivity index (χ2n) is 9.84. The largest absolute Gasteiger partial charge is 0.497 e. The molecular weight excluding hydrogens is 526 g/mol. The Balaban J connectivity index is 1.96. The number of aryl methyl sites for hydroxylation is 1. The SMILES string of the molecule is CC[C@H](C(=O)NC1CCCCC1)N(Cc1cccc(OC)c1)C(=O)CN(c1cc(Cl)ccc1C)S(C)(=O)=O. The Bertz CT molecular complexity index is 1230. The lowest BCUT2D eigenvalue weighted by Crippen LogP contribution is -2.54. The van der Waals surface area contributed by atoms with E-state index in [0.29, 0.717) is 28.4 Å². The molecule has 0 heterocycles. The number of hydrogen-bond acceptors (Lipinski definition) is 5. The maximum Gasteiger partial charge on any atom is 0.244 e. The van der Waals surface area contributed by atoms with Gasteiger partial charge in [-0.1, -0.05) is 56.0 Å². The molecular formula is C28H38ClN3O5S. The summed E-state index contributed by atoms with van der Waals surface area (Å²) in [6.07, 6.45) is 6.56. The number of anilines is 1.